The first-order chi connectivity index (χ1) is 17.7. The van der Waals surface area contributed by atoms with E-state index in [0.717, 1.165) is 39.2 Å². The van der Waals surface area contributed by atoms with Gasteiger partial charge in [-0.05, 0) is 47.5 Å². The zero-order chi connectivity index (χ0) is 24.2. The van der Waals surface area contributed by atoms with Crippen molar-refractivity contribution in [1.82, 2.24) is 13.3 Å². The van der Waals surface area contributed by atoms with Crippen molar-refractivity contribution in [2.75, 3.05) is 13.2 Å². The molecule has 0 saturated heterocycles. The minimum Gasteiger partial charge on any atom is -0.486 e. The number of hydrogen-bond acceptors (Lipinski definition) is 8. The molecule has 36 heavy (non-hydrogen) atoms. The van der Waals surface area contributed by atoms with Crippen LogP contribution in [0.2, 0.25) is 0 Å². The van der Waals surface area contributed by atoms with Gasteiger partial charge in [0.05, 0.1) is 29.4 Å². The molecular formula is C26H17N3O6S. The Labute approximate surface area is 207 Å². The SMILES string of the molecule is O=C(O)Oc1c(-c2ccc3c(c2)OCCO3)c2oc3ccccc3c2n1Cc1ccc2nsnc2c1. The maximum atomic E-state index is 11.9. The fraction of sp³-hybridized carbons (Fsp3) is 0.115. The molecule has 9 nitrogen and oxygen atoms in total. The van der Waals surface area contributed by atoms with E-state index < -0.39 is 6.16 Å². The predicted octanol–water partition coefficient (Wildman–Crippen LogP) is 5.94. The maximum Gasteiger partial charge on any atom is 0.512 e. The van der Waals surface area contributed by atoms with Crippen LogP contribution < -0.4 is 14.2 Å². The third-order valence-electron chi connectivity index (χ3n) is 6.20. The number of ether oxygens (including phenoxy) is 3. The lowest BCUT2D eigenvalue weighted by atomic mass is 10.1. The molecule has 0 aliphatic carbocycles. The van der Waals surface area contributed by atoms with Gasteiger partial charge in [0.2, 0.25) is 5.88 Å². The Hall–Kier alpha value is -4.57. The Morgan fingerprint density at radius 1 is 1.00 bits per heavy atom. The Bertz CT molecular complexity index is 1800. The van der Waals surface area contributed by atoms with Crippen molar-refractivity contribution in [1.29, 1.82) is 0 Å². The summed E-state index contributed by atoms with van der Waals surface area (Å²) in [5.41, 5.74) is 5.69. The second-order valence-corrected chi connectivity index (χ2v) is 8.88. The van der Waals surface area contributed by atoms with Crippen molar-refractivity contribution in [3.05, 3.63) is 66.2 Å². The van der Waals surface area contributed by atoms with Gasteiger partial charge in [-0.1, -0.05) is 24.3 Å². The molecule has 0 saturated carbocycles. The molecule has 6 aromatic rings. The molecule has 3 aromatic carbocycles. The Morgan fingerprint density at radius 3 is 2.72 bits per heavy atom. The van der Waals surface area contributed by atoms with Gasteiger partial charge in [0.1, 0.15) is 29.8 Å². The van der Waals surface area contributed by atoms with Crippen LogP contribution in [-0.4, -0.2) is 37.8 Å². The molecule has 1 aliphatic rings. The van der Waals surface area contributed by atoms with E-state index >= 15 is 0 Å². The minimum absolute atomic E-state index is 0.162. The summed E-state index contributed by atoms with van der Waals surface area (Å²) in [5, 5.41) is 10.5. The summed E-state index contributed by atoms with van der Waals surface area (Å²) < 4.78 is 33.6. The number of nitrogens with zero attached hydrogens (tertiary/aromatic N) is 3. The van der Waals surface area contributed by atoms with E-state index in [4.69, 9.17) is 18.6 Å². The Kier molecular flexibility index (Phi) is 4.61. The number of carbonyl (C=O) groups is 1. The lowest BCUT2D eigenvalue weighted by Crippen LogP contribution is -2.15. The van der Waals surface area contributed by atoms with Crippen molar-refractivity contribution < 1.29 is 28.5 Å². The molecular weight excluding hydrogens is 482 g/mol. The van der Waals surface area contributed by atoms with E-state index in [-0.39, 0.29) is 5.88 Å². The van der Waals surface area contributed by atoms with Crippen molar-refractivity contribution in [3.8, 4) is 28.5 Å². The number of hydrogen-bond donors (Lipinski definition) is 1. The van der Waals surface area contributed by atoms with Crippen LogP contribution in [0, 0.1) is 0 Å². The molecule has 1 aliphatic heterocycles. The van der Waals surface area contributed by atoms with Crippen molar-refractivity contribution in [2.45, 2.75) is 6.54 Å². The highest BCUT2D eigenvalue weighted by Gasteiger charge is 2.28. The molecule has 1 N–H and O–H groups in total. The van der Waals surface area contributed by atoms with Crippen LogP contribution in [0.3, 0.4) is 0 Å². The summed E-state index contributed by atoms with van der Waals surface area (Å²) >= 11 is 1.15. The Morgan fingerprint density at radius 2 is 1.83 bits per heavy atom. The van der Waals surface area contributed by atoms with E-state index in [1.807, 2.05) is 65.2 Å². The summed E-state index contributed by atoms with van der Waals surface area (Å²) in [6, 6.07) is 18.9. The van der Waals surface area contributed by atoms with Crippen molar-refractivity contribution in [3.63, 3.8) is 0 Å². The van der Waals surface area contributed by atoms with E-state index in [1.165, 1.54) is 0 Å². The van der Waals surface area contributed by atoms with E-state index in [9.17, 15) is 9.90 Å². The van der Waals surface area contributed by atoms with Gasteiger partial charge in [0, 0.05) is 5.39 Å². The van der Waals surface area contributed by atoms with Gasteiger partial charge < -0.3 is 28.3 Å². The van der Waals surface area contributed by atoms with Crippen LogP contribution in [-0.2, 0) is 6.54 Å². The monoisotopic (exact) mass is 499 g/mol. The third kappa shape index (κ3) is 3.26. The topological polar surface area (TPSA) is 109 Å². The van der Waals surface area contributed by atoms with Gasteiger partial charge in [-0.3, -0.25) is 0 Å². The number of carboxylic acid groups (broad SMARTS) is 1. The van der Waals surface area contributed by atoms with Crippen LogP contribution in [0.15, 0.2) is 65.1 Å². The lowest BCUT2D eigenvalue weighted by molar-refractivity contribution is 0.141. The molecule has 10 heteroatoms. The van der Waals surface area contributed by atoms with Crippen LogP contribution in [0.4, 0.5) is 4.79 Å². The van der Waals surface area contributed by atoms with E-state index in [2.05, 4.69) is 8.75 Å². The molecule has 0 atom stereocenters. The van der Waals surface area contributed by atoms with Crippen LogP contribution in [0.5, 0.6) is 17.4 Å². The molecule has 3 aromatic heterocycles. The first kappa shape index (κ1) is 20.8. The van der Waals surface area contributed by atoms with Gasteiger partial charge in [-0.2, -0.15) is 8.75 Å². The largest absolute Gasteiger partial charge is 0.512 e. The van der Waals surface area contributed by atoms with Gasteiger partial charge in [0.15, 0.2) is 17.1 Å². The van der Waals surface area contributed by atoms with Crippen molar-refractivity contribution in [2.24, 2.45) is 0 Å². The summed E-state index contributed by atoms with van der Waals surface area (Å²) in [4.78, 5) is 11.9. The Balaban J connectivity index is 1.50. The van der Waals surface area contributed by atoms with E-state index in [1.54, 1.807) is 0 Å². The molecule has 0 bridgehead atoms. The fourth-order valence-corrected chi connectivity index (χ4v) is 5.22. The van der Waals surface area contributed by atoms with E-state index in [0.29, 0.717) is 53.6 Å². The van der Waals surface area contributed by atoms with Crippen molar-refractivity contribution >= 4 is 51.0 Å². The summed E-state index contributed by atoms with van der Waals surface area (Å²) in [6.07, 6.45) is -1.42. The zero-order valence-corrected chi connectivity index (χ0v) is 19.4. The van der Waals surface area contributed by atoms with Crippen LogP contribution in [0.25, 0.3) is 44.2 Å². The summed E-state index contributed by atoms with van der Waals surface area (Å²) in [7, 11) is 0. The predicted molar refractivity (Wildman–Crippen MR) is 133 cm³/mol. The molecule has 7 rings (SSSR count). The lowest BCUT2D eigenvalue weighted by Gasteiger charge is -2.19. The fourth-order valence-electron chi connectivity index (χ4n) is 4.70. The number of benzene rings is 3. The maximum absolute atomic E-state index is 11.9. The molecule has 0 radical (unpaired) electrons. The standard InChI is InChI=1S/C26H17N3O6S/c30-26(31)35-25-22(15-6-8-20-21(12-15)33-10-9-32-20)24-23(16-3-1-2-4-19(16)34-24)29(25)13-14-5-7-17-18(11-14)28-36-27-17/h1-8,11-12H,9-10,13H2,(H,30,31). The molecule has 0 fully saturated rings. The highest BCUT2D eigenvalue weighted by molar-refractivity contribution is 7.00. The first-order valence-electron chi connectivity index (χ1n) is 11.2. The molecule has 178 valence electrons. The number of fused-ring (bicyclic) bond motifs is 5. The molecule has 0 unspecified atom stereocenters. The smallest absolute Gasteiger partial charge is 0.486 e. The number of rotatable bonds is 4. The highest BCUT2D eigenvalue weighted by atomic mass is 32.1. The number of para-hydroxylation sites is 1. The minimum atomic E-state index is -1.42. The molecule has 0 spiro atoms. The van der Waals surface area contributed by atoms with Crippen LogP contribution in [0.1, 0.15) is 5.56 Å². The zero-order valence-electron chi connectivity index (χ0n) is 18.6. The average molecular weight is 500 g/mol. The van der Waals surface area contributed by atoms with Gasteiger partial charge >= 0.3 is 6.16 Å². The second kappa shape index (κ2) is 7.99. The summed E-state index contributed by atoms with van der Waals surface area (Å²) in [6.45, 7) is 1.24. The number of furan rings is 1. The number of aromatic nitrogens is 3. The van der Waals surface area contributed by atoms with Gasteiger partial charge in [0.25, 0.3) is 0 Å². The average Bonchev–Trinajstić information content (AvgIpc) is 3.57. The third-order valence-corrected chi connectivity index (χ3v) is 6.76. The summed E-state index contributed by atoms with van der Waals surface area (Å²) in [5.74, 6) is 1.38. The second-order valence-electron chi connectivity index (χ2n) is 8.36. The normalized spacial score (nSPS) is 13.0. The quantitative estimate of drug-likeness (QED) is 0.297. The van der Waals surface area contributed by atoms with Gasteiger partial charge in [-0.15, -0.1) is 0 Å². The molecule has 4 heterocycles. The highest BCUT2D eigenvalue weighted by Crippen LogP contribution is 2.47. The first-order valence-corrected chi connectivity index (χ1v) is 11.9. The molecule has 0 amide bonds. The van der Waals surface area contributed by atoms with Gasteiger partial charge in [-0.25, -0.2) is 4.79 Å². The van der Waals surface area contributed by atoms with Crippen LogP contribution >= 0.6 is 11.7 Å².